The van der Waals surface area contributed by atoms with Crippen molar-refractivity contribution in [2.24, 2.45) is 5.92 Å². The molecular weight excluding hydrogens is 354 g/mol. The van der Waals surface area contributed by atoms with Crippen LogP contribution in [0.1, 0.15) is 32.1 Å². The van der Waals surface area contributed by atoms with Gasteiger partial charge in [-0.1, -0.05) is 6.42 Å². The quantitative estimate of drug-likeness (QED) is 0.838. The van der Waals surface area contributed by atoms with E-state index >= 15 is 0 Å². The summed E-state index contributed by atoms with van der Waals surface area (Å²) in [4.78, 5) is 12.8. The smallest absolute Gasteiger partial charge is 0.243 e. The van der Waals surface area contributed by atoms with Gasteiger partial charge in [0.05, 0.1) is 17.9 Å². The maximum absolute atomic E-state index is 12.9. The lowest BCUT2D eigenvalue weighted by molar-refractivity contribution is -0.131. The van der Waals surface area contributed by atoms with E-state index < -0.39 is 10.0 Å². The van der Waals surface area contributed by atoms with Crippen molar-refractivity contribution >= 4 is 15.9 Å². The van der Waals surface area contributed by atoms with Gasteiger partial charge < -0.3 is 4.74 Å². The van der Waals surface area contributed by atoms with E-state index in [1.807, 2.05) is 5.01 Å². The molecule has 3 rings (SSSR count). The van der Waals surface area contributed by atoms with Crippen LogP contribution in [0.25, 0.3) is 0 Å². The number of benzene rings is 1. The minimum atomic E-state index is -3.60. The first-order valence-electron chi connectivity index (χ1n) is 9.20. The molecule has 1 amide bonds. The molecule has 2 aliphatic heterocycles. The zero-order chi connectivity index (χ0) is 18.6. The molecule has 7 nitrogen and oxygen atoms in total. The number of sulfonamides is 1. The summed E-state index contributed by atoms with van der Waals surface area (Å²) in [6, 6.07) is 6.37. The van der Waals surface area contributed by atoms with Gasteiger partial charge in [-0.15, -0.1) is 0 Å². The lowest BCUT2D eigenvalue weighted by Gasteiger charge is -2.33. The Labute approximate surface area is 155 Å². The van der Waals surface area contributed by atoms with Gasteiger partial charge in [-0.25, -0.2) is 13.4 Å². The number of hydrazine groups is 1. The molecule has 1 aromatic rings. The van der Waals surface area contributed by atoms with E-state index in [2.05, 4.69) is 5.43 Å². The maximum atomic E-state index is 12.9. The molecule has 2 aliphatic rings. The first kappa shape index (κ1) is 19.1. The van der Waals surface area contributed by atoms with Crippen LogP contribution in [0.2, 0.25) is 0 Å². The summed E-state index contributed by atoms with van der Waals surface area (Å²) < 4.78 is 32.3. The largest absolute Gasteiger partial charge is 0.497 e. The summed E-state index contributed by atoms with van der Waals surface area (Å²) in [5.41, 5.74) is 2.97. The first-order chi connectivity index (χ1) is 12.5. The Bertz CT molecular complexity index is 714. The van der Waals surface area contributed by atoms with Crippen molar-refractivity contribution in [2.45, 2.75) is 37.0 Å². The van der Waals surface area contributed by atoms with Gasteiger partial charge in [0.2, 0.25) is 15.9 Å². The third kappa shape index (κ3) is 4.36. The highest BCUT2D eigenvalue weighted by Gasteiger charge is 2.33. The predicted octanol–water partition coefficient (Wildman–Crippen LogP) is 1.61. The van der Waals surface area contributed by atoms with Crippen LogP contribution in [0.3, 0.4) is 0 Å². The van der Waals surface area contributed by atoms with Crippen LogP contribution in [0.5, 0.6) is 5.75 Å². The zero-order valence-corrected chi connectivity index (χ0v) is 16.0. The summed E-state index contributed by atoms with van der Waals surface area (Å²) >= 11 is 0. The van der Waals surface area contributed by atoms with Gasteiger partial charge in [0.1, 0.15) is 5.75 Å². The fraction of sp³-hybridized carbons (Fsp3) is 0.611. The van der Waals surface area contributed by atoms with Gasteiger partial charge in [-0.3, -0.25) is 10.2 Å². The van der Waals surface area contributed by atoms with Crippen LogP contribution in [0.4, 0.5) is 0 Å². The number of hydrogen-bond acceptors (Lipinski definition) is 5. The molecule has 2 fully saturated rings. The van der Waals surface area contributed by atoms with Gasteiger partial charge >= 0.3 is 0 Å². The second kappa shape index (κ2) is 8.37. The minimum absolute atomic E-state index is 0.0680. The second-order valence-electron chi connectivity index (χ2n) is 6.90. The van der Waals surface area contributed by atoms with Crippen LogP contribution in [0, 0.1) is 5.92 Å². The summed E-state index contributed by atoms with van der Waals surface area (Å²) in [6.07, 6.45) is 4.78. The normalized spacial score (nSPS) is 22.7. The molecule has 2 saturated heterocycles. The van der Waals surface area contributed by atoms with Gasteiger partial charge in [0, 0.05) is 26.2 Å². The molecule has 1 atom stereocenters. The van der Waals surface area contributed by atoms with Crippen LogP contribution < -0.4 is 10.2 Å². The van der Waals surface area contributed by atoms with Crippen LogP contribution >= 0.6 is 0 Å². The number of methoxy groups -OCH3 is 1. The molecule has 26 heavy (non-hydrogen) atoms. The Hall–Kier alpha value is -1.64. The third-order valence-corrected chi connectivity index (χ3v) is 6.96. The van der Waals surface area contributed by atoms with Crippen LogP contribution in [-0.2, 0) is 14.8 Å². The number of amides is 1. The van der Waals surface area contributed by atoms with Crippen LogP contribution in [-0.4, -0.2) is 56.9 Å². The van der Waals surface area contributed by atoms with Crippen molar-refractivity contribution in [3.05, 3.63) is 24.3 Å². The molecule has 0 unspecified atom stereocenters. The second-order valence-corrected chi connectivity index (χ2v) is 8.84. The van der Waals surface area contributed by atoms with Crippen LogP contribution in [0.15, 0.2) is 29.2 Å². The van der Waals surface area contributed by atoms with Gasteiger partial charge in [0.15, 0.2) is 0 Å². The van der Waals surface area contributed by atoms with Gasteiger partial charge in [-0.05, 0) is 49.9 Å². The Morgan fingerprint density at radius 2 is 1.77 bits per heavy atom. The van der Waals surface area contributed by atoms with E-state index in [1.54, 1.807) is 31.4 Å². The molecule has 0 saturated carbocycles. The monoisotopic (exact) mass is 381 g/mol. The van der Waals surface area contributed by atoms with Crippen molar-refractivity contribution in [2.75, 3.05) is 33.3 Å². The van der Waals surface area contributed by atoms with Gasteiger partial charge in [0.25, 0.3) is 0 Å². The Kier molecular flexibility index (Phi) is 6.16. The molecule has 144 valence electrons. The Balaban J connectivity index is 1.65. The number of rotatable bonds is 5. The van der Waals surface area contributed by atoms with Crippen molar-refractivity contribution in [1.82, 2.24) is 14.7 Å². The number of ether oxygens (including phenoxy) is 1. The molecule has 0 spiro atoms. The number of carbonyl (C=O) groups is 1. The fourth-order valence-corrected chi connectivity index (χ4v) is 5.05. The first-order valence-corrected chi connectivity index (χ1v) is 10.6. The minimum Gasteiger partial charge on any atom is -0.497 e. The van der Waals surface area contributed by atoms with E-state index in [1.165, 1.54) is 10.7 Å². The van der Waals surface area contributed by atoms with Crippen molar-refractivity contribution in [3.8, 4) is 5.75 Å². The molecule has 0 aliphatic carbocycles. The summed E-state index contributed by atoms with van der Waals surface area (Å²) in [5, 5.41) is 1.96. The highest BCUT2D eigenvalue weighted by atomic mass is 32.2. The molecule has 1 N–H and O–H groups in total. The number of hydrogen-bond donors (Lipinski definition) is 1. The van der Waals surface area contributed by atoms with Crippen molar-refractivity contribution in [3.63, 3.8) is 0 Å². The zero-order valence-electron chi connectivity index (χ0n) is 15.2. The maximum Gasteiger partial charge on any atom is 0.243 e. The van der Waals surface area contributed by atoms with E-state index in [0.717, 1.165) is 25.9 Å². The standard InChI is InChI=1S/C18H27N3O4S/c1-25-16-7-9-17(10-8-16)26(23,24)21-13-5-6-15(14-21)18(22)19-20-11-3-2-4-12-20/h7-10,15H,2-6,11-14H2,1H3,(H,19,22)/t15-/m0/s1. The topological polar surface area (TPSA) is 79.0 Å². The summed E-state index contributed by atoms with van der Waals surface area (Å²) in [7, 11) is -2.06. The molecule has 8 heteroatoms. The third-order valence-electron chi connectivity index (χ3n) is 5.08. The van der Waals surface area contributed by atoms with Crippen molar-refractivity contribution < 1.29 is 17.9 Å². The molecular formula is C18H27N3O4S. The van der Waals surface area contributed by atoms with Crippen molar-refractivity contribution in [1.29, 1.82) is 0 Å². The van der Waals surface area contributed by atoms with Gasteiger partial charge in [-0.2, -0.15) is 4.31 Å². The molecule has 0 bridgehead atoms. The number of nitrogens with one attached hydrogen (secondary N) is 1. The summed E-state index contributed by atoms with van der Waals surface area (Å²) in [5.74, 6) is 0.238. The van der Waals surface area contributed by atoms with E-state index in [4.69, 9.17) is 4.74 Å². The molecule has 0 aromatic heterocycles. The highest BCUT2D eigenvalue weighted by Crippen LogP contribution is 2.25. The lowest BCUT2D eigenvalue weighted by atomic mass is 9.99. The van der Waals surface area contributed by atoms with E-state index in [9.17, 15) is 13.2 Å². The number of carbonyl (C=O) groups excluding carboxylic acids is 1. The SMILES string of the molecule is COc1ccc(S(=O)(=O)N2CCC[C@H](C(=O)NN3CCCCC3)C2)cc1. The molecule has 0 radical (unpaired) electrons. The number of nitrogens with zero attached hydrogens (tertiary/aromatic N) is 2. The Morgan fingerprint density at radius 3 is 2.42 bits per heavy atom. The van der Waals surface area contributed by atoms with E-state index in [0.29, 0.717) is 25.1 Å². The lowest BCUT2D eigenvalue weighted by Crippen LogP contribution is -2.51. The molecule has 1 aromatic carbocycles. The Morgan fingerprint density at radius 1 is 1.08 bits per heavy atom. The average Bonchev–Trinajstić information content (AvgIpc) is 2.69. The average molecular weight is 381 g/mol. The predicted molar refractivity (Wildman–Crippen MR) is 98.0 cm³/mol. The molecule has 2 heterocycles. The number of piperidine rings is 2. The summed E-state index contributed by atoms with van der Waals surface area (Å²) in [6.45, 7) is 2.41. The van der Waals surface area contributed by atoms with E-state index in [-0.39, 0.29) is 23.3 Å². The fourth-order valence-electron chi connectivity index (χ4n) is 3.52. The highest BCUT2D eigenvalue weighted by molar-refractivity contribution is 7.89.